The van der Waals surface area contributed by atoms with Crippen LogP contribution in [0.25, 0.3) is 0 Å². The Morgan fingerprint density at radius 2 is 1.82 bits per heavy atom. The molecule has 1 aromatic heterocycles. The molecule has 152 valence electrons. The summed E-state index contributed by atoms with van der Waals surface area (Å²) in [7, 11) is 0. The van der Waals surface area contributed by atoms with Gasteiger partial charge in [-0.3, -0.25) is 9.58 Å². The van der Waals surface area contributed by atoms with Gasteiger partial charge in [-0.25, -0.2) is 0 Å². The first-order valence-corrected chi connectivity index (χ1v) is 10.9. The van der Waals surface area contributed by atoms with Gasteiger partial charge in [-0.15, -0.1) is 0 Å². The van der Waals surface area contributed by atoms with Crippen LogP contribution in [0.1, 0.15) is 43.5 Å². The molecule has 6 heteroatoms. The quantitative estimate of drug-likeness (QED) is 0.710. The molecule has 0 radical (unpaired) electrons. The molecule has 0 amide bonds. The van der Waals surface area contributed by atoms with Gasteiger partial charge in [0.1, 0.15) is 0 Å². The second kappa shape index (κ2) is 10.0. The number of aromatic nitrogens is 2. The minimum absolute atomic E-state index is 0.830. The summed E-state index contributed by atoms with van der Waals surface area (Å²) in [6.07, 6.45) is 5.81. The molecule has 28 heavy (non-hydrogen) atoms. The largest absolute Gasteiger partial charge is 0.346 e. The third-order valence-electron chi connectivity index (χ3n) is 5.45. The van der Waals surface area contributed by atoms with Gasteiger partial charge in [0.15, 0.2) is 5.11 Å². The lowest BCUT2D eigenvalue weighted by atomic mass is 10.1. The Hall–Kier alpha value is -1.92. The van der Waals surface area contributed by atoms with Crippen molar-refractivity contribution in [2.45, 2.75) is 53.1 Å². The fraction of sp³-hybridized carbons (Fsp3) is 0.545. The molecular formula is C22H33N5S. The number of rotatable bonds is 7. The number of hydrogen-bond acceptors (Lipinski definition) is 3. The summed E-state index contributed by atoms with van der Waals surface area (Å²) in [6.45, 7) is 12.3. The van der Waals surface area contributed by atoms with Crippen LogP contribution in [0.15, 0.2) is 30.5 Å². The SMILES string of the molecule is CCCCc1ccc(NC(=S)N2CCN(Cc3cn(CC)nc3C)CC2)cc1. The Labute approximate surface area is 174 Å². The van der Waals surface area contributed by atoms with Crippen molar-refractivity contribution < 1.29 is 0 Å². The zero-order valence-electron chi connectivity index (χ0n) is 17.4. The van der Waals surface area contributed by atoms with Crippen molar-refractivity contribution in [1.29, 1.82) is 0 Å². The van der Waals surface area contributed by atoms with Crippen LogP contribution < -0.4 is 5.32 Å². The third-order valence-corrected chi connectivity index (χ3v) is 5.81. The average Bonchev–Trinajstić information content (AvgIpc) is 3.07. The maximum atomic E-state index is 5.65. The van der Waals surface area contributed by atoms with E-state index in [2.05, 4.69) is 71.4 Å². The molecule has 0 unspecified atom stereocenters. The van der Waals surface area contributed by atoms with Crippen LogP contribution in [0, 0.1) is 6.92 Å². The number of benzene rings is 1. The molecule has 2 aromatic rings. The van der Waals surface area contributed by atoms with Crippen LogP contribution in [-0.2, 0) is 19.5 Å². The predicted molar refractivity (Wildman–Crippen MR) is 121 cm³/mol. The fourth-order valence-electron chi connectivity index (χ4n) is 3.56. The van der Waals surface area contributed by atoms with Crippen LogP contribution in [0.4, 0.5) is 5.69 Å². The molecule has 1 fully saturated rings. The van der Waals surface area contributed by atoms with Gasteiger partial charge >= 0.3 is 0 Å². The van der Waals surface area contributed by atoms with E-state index in [1.165, 1.54) is 24.0 Å². The highest BCUT2D eigenvalue weighted by Gasteiger charge is 2.20. The summed E-state index contributed by atoms with van der Waals surface area (Å²) in [4.78, 5) is 4.77. The summed E-state index contributed by atoms with van der Waals surface area (Å²) in [5, 5.41) is 8.79. The number of nitrogens with one attached hydrogen (secondary N) is 1. The molecule has 1 aliphatic rings. The van der Waals surface area contributed by atoms with E-state index in [4.69, 9.17) is 12.2 Å². The standard InChI is InChI=1S/C22H33N5S/c1-4-6-7-19-8-10-21(11-9-19)23-22(28)26-14-12-25(13-15-26)16-20-17-27(5-2)24-18(20)3/h8-11,17H,4-7,12-16H2,1-3H3,(H,23,28). The molecule has 5 nitrogen and oxygen atoms in total. The van der Waals surface area contributed by atoms with Crippen molar-refractivity contribution in [3.05, 3.63) is 47.3 Å². The average molecular weight is 400 g/mol. The molecular weight excluding hydrogens is 366 g/mol. The lowest BCUT2D eigenvalue weighted by molar-refractivity contribution is 0.176. The van der Waals surface area contributed by atoms with Gasteiger partial charge in [0, 0.05) is 56.7 Å². The number of nitrogens with zero attached hydrogens (tertiary/aromatic N) is 4. The summed E-state index contributed by atoms with van der Waals surface area (Å²) < 4.78 is 2.02. The molecule has 1 N–H and O–H groups in total. The third kappa shape index (κ3) is 5.55. The topological polar surface area (TPSA) is 36.3 Å². The molecule has 0 bridgehead atoms. The molecule has 1 saturated heterocycles. The normalized spacial score (nSPS) is 15.0. The molecule has 2 heterocycles. The smallest absolute Gasteiger partial charge is 0.173 e. The molecule has 0 atom stereocenters. The number of aryl methyl sites for hydroxylation is 3. The summed E-state index contributed by atoms with van der Waals surface area (Å²) in [5.41, 5.74) is 4.95. The Morgan fingerprint density at radius 3 is 2.43 bits per heavy atom. The lowest BCUT2D eigenvalue weighted by Gasteiger charge is -2.36. The van der Waals surface area contributed by atoms with Gasteiger partial charge in [-0.1, -0.05) is 25.5 Å². The van der Waals surface area contributed by atoms with Crippen LogP contribution in [0.5, 0.6) is 0 Å². The number of anilines is 1. The first-order chi connectivity index (χ1) is 13.6. The first kappa shape index (κ1) is 20.8. The summed E-state index contributed by atoms with van der Waals surface area (Å²) in [6, 6.07) is 8.69. The monoisotopic (exact) mass is 399 g/mol. The number of piperazine rings is 1. The van der Waals surface area contributed by atoms with Crippen molar-refractivity contribution in [1.82, 2.24) is 19.6 Å². The second-order valence-electron chi connectivity index (χ2n) is 7.59. The second-order valence-corrected chi connectivity index (χ2v) is 7.98. The molecule has 1 aromatic carbocycles. The highest BCUT2D eigenvalue weighted by atomic mass is 32.1. The van der Waals surface area contributed by atoms with Crippen molar-refractivity contribution in [2.75, 3.05) is 31.5 Å². The first-order valence-electron chi connectivity index (χ1n) is 10.5. The van der Waals surface area contributed by atoms with Crippen molar-refractivity contribution >= 4 is 23.0 Å². The van der Waals surface area contributed by atoms with Gasteiger partial charge in [0.05, 0.1) is 5.69 Å². The van der Waals surface area contributed by atoms with Gasteiger partial charge in [-0.05, 0) is 56.6 Å². The predicted octanol–water partition coefficient (Wildman–Crippen LogP) is 4.07. The maximum Gasteiger partial charge on any atom is 0.173 e. The summed E-state index contributed by atoms with van der Waals surface area (Å²) >= 11 is 5.65. The van der Waals surface area contributed by atoms with Crippen molar-refractivity contribution in [2.24, 2.45) is 0 Å². The van der Waals surface area contributed by atoms with E-state index >= 15 is 0 Å². The Balaban J connectivity index is 1.46. The molecule has 3 rings (SSSR count). The van der Waals surface area contributed by atoms with E-state index in [9.17, 15) is 0 Å². The van der Waals surface area contributed by atoms with E-state index in [1.807, 2.05) is 4.68 Å². The fourth-order valence-corrected chi connectivity index (χ4v) is 3.86. The zero-order chi connectivity index (χ0) is 19.9. The Morgan fingerprint density at radius 1 is 1.11 bits per heavy atom. The van der Waals surface area contributed by atoms with E-state index in [-0.39, 0.29) is 0 Å². The highest BCUT2D eigenvalue weighted by molar-refractivity contribution is 7.80. The zero-order valence-corrected chi connectivity index (χ0v) is 18.3. The highest BCUT2D eigenvalue weighted by Crippen LogP contribution is 2.15. The summed E-state index contributed by atoms with van der Waals surface area (Å²) in [5.74, 6) is 0. The van der Waals surface area contributed by atoms with Crippen LogP contribution in [0.3, 0.4) is 0 Å². The molecule has 0 aliphatic carbocycles. The number of thiocarbonyl (C=S) groups is 1. The maximum absolute atomic E-state index is 5.65. The molecule has 0 spiro atoms. The van der Waals surface area contributed by atoms with Gasteiger partial charge < -0.3 is 10.2 Å². The van der Waals surface area contributed by atoms with Crippen LogP contribution in [0.2, 0.25) is 0 Å². The van der Waals surface area contributed by atoms with Crippen molar-refractivity contribution in [3.63, 3.8) is 0 Å². The van der Waals surface area contributed by atoms with E-state index in [0.29, 0.717) is 0 Å². The van der Waals surface area contributed by atoms with E-state index in [0.717, 1.165) is 62.2 Å². The molecule has 0 saturated carbocycles. The van der Waals surface area contributed by atoms with E-state index < -0.39 is 0 Å². The molecule has 1 aliphatic heterocycles. The minimum Gasteiger partial charge on any atom is -0.346 e. The lowest BCUT2D eigenvalue weighted by Crippen LogP contribution is -2.49. The van der Waals surface area contributed by atoms with Gasteiger partial charge in [-0.2, -0.15) is 5.10 Å². The van der Waals surface area contributed by atoms with Gasteiger partial charge in [0.25, 0.3) is 0 Å². The van der Waals surface area contributed by atoms with Crippen LogP contribution in [-0.4, -0.2) is 50.9 Å². The number of hydrogen-bond donors (Lipinski definition) is 1. The van der Waals surface area contributed by atoms with Gasteiger partial charge in [0.2, 0.25) is 0 Å². The van der Waals surface area contributed by atoms with Crippen LogP contribution >= 0.6 is 12.2 Å². The Bertz CT molecular complexity index is 760. The van der Waals surface area contributed by atoms with Crippen molar-refractivity contribution in [3.8, 4) is 0 Å². The minimum atomic E-state index is 0.830. The number of unbranched alkanes of at least 4 members (excludes halogenated alkanes) is 1. The Kier molecular flexibility index (Phi) is 7.45. The van der Waals surface area contributed by atoms with E-state index in [1.54, 1.807) is 0 Å².